The van der Waals surface area contributed by atoms with Crippen molar-refractivity contribution in [2.75, 3.05) is 11.9 Å². The fourth-order valence-corrected chi connectivity index (χ4v) is 3.73. The van der Waals surface area contributed by atoms with Gasteiger partial charge >= 0.3 is 0 Å². The van der Waals surface area contributed by atoms with E-state index in [1.807, 2.05) is 0 Å². The van der Waals surface area contributed by atoms with E-state index in [2.05, 4.69) is 29.1 Å². The molecule has 1 N–H and O–H groups in total. The Morgan fingerprint density at radius 2 is 2.05 bits per heavy atom. The molecular weight excluding hydrogens is 234 g/mol. The van der Waals surface area contributed by atoms with Gasteiger partial charge in [0.25, 0.3) is 0 Å². The third-order valence-electron chi connectivity index (χ3n) is 4.82. The molecule has 0 unspecified atom stereocenters. The van der Waals surface area contributed by atoms with Crippen molar-refractivity contribution >= 4 is 16.7 Å². The van der Waals surface area contributed by atoms with Gasteiger partial charge in [0.2, 0.25) is 0 Å². The van der Waals surface area contributed by atoms with Crippen molar-refractivity contribution in [2.45, 2.75) is 44.4 Å². The first-order valence-electron chi connectivity index (χ1n) is 7.56. The van der Waals surface area contributed by atoms with E-state index in [0.29, 0.717) is 5.92 Å². The molecule has 3 nitrogen and oxygen atoms in total. The molecule has 1 aromatic carbocycles. The molecule has 2 aromatic rings. The second-order valence-corrected chi connectivity index (χ2v) is 6.04. The lowest BCUT2D eigenvalue weighted by Gasteiger charge is -2.21. The van der Waals surface area contributed by atoms with E-state index in [4.69, 9.17) is 4.98 Å². The number of nitrogens with zero attached hydrogens (tertiary/aromatic N) is 2. The number of nitrogens with one attached hydrogen (secondary N) is 1. The quantitative estimate of drug-likeness (QED) is 0.844. The number of imidazole rings is 1. The standard InChI is InChI=1S/C16H21N3/c1-19-15-10-13-12(7-8-17-13)9-14(15)18-16(19)11-5-3-2-4-6-11/h9-11,17H,2-8H2,1H3. The minimum Gasteiger partial charge on any atom is -0.384 e. The zero-order valence-electron chi connectivity index (χ0n) is 11.6. The van der Waals surface area contributed by atoms with Gasteiger partial charge in [0.05, 0.1) is 11.0 Å². The molecule has 0 bridgehead atoms. The highest BCUT2D eigenvalue weighted by Gasteiger charge is 2.22. The van der Waals surface area contributed by atoms with Crippen molar-refractivity contribution in [2.24, 2.45) is 7.05 Å². The predicted molar refractivity (Wildman–Crippen MR) is 78.7 cm³/mol. The molecule has 0 atom stereocenters. The van der Waals surface area contributed by atoms with Crippen LogP contribution in [-0.4, -0.2) is 16.1 Å². The van der Waals surface area contributed by atoms with Crippen LogP contribution in [0.3, 0.4) is 0 Å². The molecule has 1 aliphatic carbocycles. The monoisotopic (exact) mass is 255 g/mol. The highest BCUT2D eigenvalue weighted by atomic mass is 15.1. The Morgan fingerprint density at radius 1 is 1.21 bits per heavy atom. The van der Waals surface area contributed by atoms with Crippen LogP contribution in [0.4, 0.5) is 5.69 Å². The number of hydrogen-bond donors (Lipinski definition) is 1. The first kappa shape index (κ1) is 11.3. The van der Waals surface area contributed by atoms with E-state index in [1.54, 1.807) is 0 Å². The lowest BCUT2D eigenvalue weighted by molar-refractivity contribution is 0.423. The largest absolute Gasteiger partial charge is 0.384 e. The summed E-state index contributed by atoms with van der Waals surface area (Å²) in [4.78, 5) is 4.95. The molecule has 2 heterocycles. The van der Waals surface area contributed by atoms with Crippen LogP contribution in [0.15, 0.2) is 12.1 Å². The molecule has 4 rings (SSSR count). The van der Waals surface area contributed by atoms with Crippen LogP contribution in [0.1, 0.15) is 49.4 Å². The van der Waals surface area contributed by atoms with Crippen LogP contribution in [-0.2, 0) is 13.5 Å². The van der Waals surface area contributed by atoms with Gasteiger partial charge in [-0.2, -0.15) is 0 Å². The predicted octanol–water partition coefficient (Wildman–Crippen LogP) is 3.59. The number of benzene rings is 1. The summed E-state index contributed by atoms with van der Waals surface area (Å²) in [5, 5.41) is 3.47. The number of rotatable bonds is 1. The average Bonchev–Trinajstić information content (AvgIpc) is 3.02. The van der Waals surface area contributed by atoms with E-state index >= 15 is 0 Å². The SMILES string of the molecule is Cn1c(C2CCCCC2)nc2cc3c(cc21)NCC3. The summed E-state index contributed by atoms with van der Waals surface area (Å²) in [6, 6.07) is 4.58. The second kappa shape index (κ2) is 4.26. The molecule has 1 saturated carbocycles. The third-order valence-corrected chi connectivity index (χ3v) is 4.82. The van der Waals surface area contributed by atoms with Crippen LogP contribution in [0, 0.1) is 0 Å². The van der Waals surface area contributed by atoms with Gasteiger partial charge in [0.1, 0.15) is 5.82 Å². The van der Waals surface area contributed by atoms with E-state index in [0.717, 1.165) is 13.0 Å². The second-order valence-electron chi connectivity index (χ2n) is 6.04. The summed E-state index contributed by atoms with van der Waals surface area (Å²) in [6.07, 6.45) is 7.90. The van der Waals surface area contributed by atoms with Gasteiger partial charge in [-0.1, -0.05) is 19.3 Å². The topological polar surface area (TPSA) is 29.9 Å². The highest BCUT2D eigenvalue weighted by Crippen LogP contribution is 2.35. The van der Waals surface area contributed by atoms with Crippen molar-refractivity contribution in [3.63, 3.8) is 0 Å². The van der Waals surface area contributed by atoms with Gasteiger partial charge in [-0.15, -0.1) is 0 Å². The zero-order valence-corrected chi connectivity index (χ0v) is 11.6. The maximum absolute atomic E-state index is 4.95. The molecule has 0 spiro atoms. The van der Waals surface area contributed by atoms with E-state index < -0.39 is 0 Å². The first-order valence-corrected chi connectivity index (χ1v) is 7.56. The maximum atomic E-state index is 4.95. The van der Waals surface area contributed by atoms with Crippen LogP contribution >= 0.6 is 0 Å². The van der Waals surface area contributed by atoms with Gasteiger partial charge < -0.3 is 9.88 Å². The van der Waals surface area contributed by atoms with Crippen LogP contribution in [0.5, 0.6) is 0 Å². The Balaban J connectivity index is 1.82. The fraction of sp³-hybridized carbons (Fsp3) is 0.562. The summed E-state index contributed by atoms with van der Waals surface area (Å²) in [5.74, 6) is 1.98. The maximum Gasteiger partial charge on any atom is 0.112 e. The lowest BCUT2D eigenvalue weighted by Crippen LogP contribution is -2.10. The molecule has 0 amide bonds. The minimum absolute atomic E-state index is 0.675. The molecule has 19 heavy (non-hydrogen) atoms. The highest BCUT2D eigenvalue weighted by molar-refractivity contribution is 5.83. The summed E-state index contributed by atoms with van der Waals surface area (Å²) in [5.41, 5.74) is 5.21. The molecule has 0 radical (unpaired) electrons. The summed E-state index contributed by atoms with van der Waals surface area (Å²) >= 11 is 0. The van der Waals surface area contributed by atoms with Gasteiger partial charge in [-0.25, -0.2) is 4.98 Å². The molecule has 1 fully saturated rings. The third kappa shape index (κ3) is 1.75. The Morgan fingerprint density at radius 3 is 2.89 bits per heavy atom. The molecule has 3 heteroatoms. The van der Waals surface area contributed by atoms with E-state index in [-0.39, 0.29) is 0 Å². The average molecular weight is 255 g/mol. The molecule has 1 aliphatic heterocycles. The number of anilines is 1. The molecule has 2 aliphatic rings. The molecular formula is C16H21N3. The summed E-state index contributed by atoms with van der Waals surface area (Å²) < 4.78 is 2.33. The van der Waals surface area contributed by atoms with Gasteiger partial charge in [0.15, 0.2) is 0 Å². The summed E-state index contributed by atoms with van der Waals surface area (Å²) in [6.45, 7) is 1.07. The summed E-state index contributed by atoms with van der Waals surface area (Å²) in [7, 11) is 2.18. The Hall–Kier alpha value is -1.51. The van der Waals surface area contributed by atoms with E-state index in [9.17, 15) is 0 Å². The van der Waals surface area contributed by atoms with Crippen LogP contribution in [0.25, 0.3) is 11.0 Å². The van der Waals surface area contributed by atoms with Gasteiger partial charge in [-0.05, 0) is 37.0 Å². The van der Waals surface area contributed by atoms with Crippen molar-refractivity contribution < 1.29 is 0 Å². The normalized spacial score (nSPS) is 19.6. The van der Waals surface area contributed by atoms with E-state index in [1.165, 1.54) is 60.2 Å². The molecule has 100 valence electrons. The number of hydrogen-bond acceptors (Lipinski definition) is 2. The Kier molecular flexibility index (Phi) is 2.54. The minimum atomic E-state index is 0.675. The Bertz CT molecular complexity index is 620. The zero-order chi connectivity index (χ0) is 12.8. The van der Waals surface area contributed by atoms with Crippen LogP contribution in [0.2, 0.25) is 0 Å². The first-order chi connectivity index (χ1) is 9.33. The van der Waals surface area contributed by atoms with Crippen molar-refractivity contribution in [1.29, 1.82) is 0 Å². The fourth-order valence-electron chi connectivity index (χ4n) is 3.73. The van der Waals surface area contributed by atoms with Crippen molar-refractivity contribution in [1.82, 2.24) is 9.55 Å². The molecule has 0 saturated heterocycles. The van der Waals surface area contributed by atoms with Gasteiger partial charge in [-0.3, -0.25) is 0 Å². The van der Waals surface area contributed by atoms with Crippen molar-refractivity contribution in [3.8, 4) is 0 Å². The Labute approximate surface area is 114 Å². The lowest BCUT2D eigenvalue weighted by atomic mass is 9.89. The van der Waals surface area contributed by atoms with Gasteiger partial charge in [0, 0.05) is 25.2 Å². The number of aryl methyl sites for hydroxylation is 1. The molecule has 1 aromatic heterocycles. The number of aromatic nitrogens is 2. The van der Waals surface area contributed by atoms with Crippen LogP contribution < -0.4 is 5.32 Å². The smallest absolute Gasteiger partial charge is 0.112 e. The number of fused-ring (bicyclic) bond motifs is 2. The van der Waals surface area contributed by atoms with Crippen molar-refractivity contribution in [3.05, 3.63) is 23.5 Å².